The molecule has 0 aliphatic rings. The molecule has 0 fully saturated rings. The zero-order chi connectivity index (χ0) is 16.7. The van der Waals surface area contributed by atoms with Crippen molar-refractivity contribution < 1.29 is 9.47 Å². The second-order valence-electron chi connectivity index (χ2n) is 4.50. The van der Waals surface area contributed by atoms with Gasteiger partial charge in [-0.05, 0) is 52.3 Å². The second-order valence-corrected chi connectivity index (χ2v) is 5.79. The molecule has 0 saturated carbocycles. The van der Waals surface area contributed by atoms with Crippen molar-refractivity contribution in [2.24, 2.45) is 5.10 Å². The van der Waals surface area contributed by atoms with Crippen LogP contribution in [0.25, 0.3) is 0 Å². The third-order valence-electron chi connectivity index (χ3n) is 2.88. The van der Waals surface area contributed by atoms with Gasteiger partial charge in [0.05, 0.1) is 19.0 Å². The van der Waals surface area contributed by atoms with Crippen molar-refractivity contribution >= 4 is 39.4 Å². The van der Waals surface area contributed by atoms with Gasteiger partial charge in [0.2, 0.25) is 0 Å². The summed E-state index contributed by atoms with van der Waals surface area (Å²) in [5, 5.41) is 4.89. The quantitative estimate of drug-likeness (QED) is 0.402. The first-order chi connectivity index (χ1) is 11.1. The number of halogens is 2. The predicted molar refractivity (Wildman–Crippen MR) is 99.1 cm³/mol. The van der Waals surface area contributed by atoms with Crippen molar-refractivity contribution in [3.63, 3.8) is 0 Å². The molecule has 4 nitrogen and oxygen atoms in total. The summed E-state index contributed by atoms with van der Waals surface area (Å²) in [4.78, 5) is 0. The minimum absolute atomic E-state index is 0.411. The van der Waals surface area contributed by atoms with E-state index in [1.807, 2.05) is 24.3 Å². The normalized spacial score (nSPS) is 10.6. The first kappa shape index (κ1) is 17.4. The Hall–Kier alpha value is -1.98. The van der Waals surface area contributed by atoms with Crippen LogP contribution in [0.4, 0.5) is 5.69 Å². The number of nitrogens with zero attached hydrogens (tertiary/aromatic N) is 1. The number of hydrogen-bond acceptors (Lipinski definition) is 4. The lowest BCUT2D eigenvalue weighted by atomic mass is 10.2. The van der Waals surface area contributed by atoms with Gasteiger partial charge in [-0.15, -0.1) is 0 Å². The largest absolute Gasteiger partial charge is 0.493 e. The van der Waals surface area contributed by atoms with Crippen LogP contribution in [0.3, 0.4) is 0 Å². The maximum Gasteiger partial charge on any atom is 0.162 e. The fourth-order valence-corrected chi connectivity index (χ4v) is 2.32. The maximum absolute atomic E-state index is 5.84. The minimum Gasteiger partial charge on any atom is -0.493 e. The first-order valence-electron chi connectivity index (χ1n) is 6.80. The third kappa shape index (κ3) is 5.01. The lowest BCUT2D eigenvalue weighted by molar-refractivity contribution is 0.326. The van der Waals surface area contributed by atoms with E-state index in [2.05, 4.69) is 33.0 Å². The number of anilines is 1. The molecule has 0 aliphatic heterocycles. The highest BCUT2D eigenvalue weighted by atomic mass is 79.9. The van der Waals surface area contributed by atoms with Crippen LogP contribution in [0.2, 0.25) is 5.02 Å². The second kappa shape index (κ2) is 8.60. The third-order valence-corrected chi connectivity index (χ3v) is 3.82. The number of benzene rings is 2. The summed E-state index contributed by atoms with van der Waals surface area (Å²) in [6, 6.07) is 11.0. The molecule has 0 unspecified atom stereocenters. The van der Waals surface area contributed by atoms with E-state index < -0.39 is 0 Å². The summed E-state index contributed by atoms with van der Waals surface area (Å²) in [6.07, 6.45) is 3.37. The van der Waals surface area contributed by atoms with Crippen molar-refractivity contribution in [1.29, 1.82) is 0 Å². The number of ether oxygens (including phenoxy) is 2. The van der Waals surface area contributed by atoms with Crippen LogP contribution < -0.4 is 14.9 Å². The Kier molecular flexibility index (Phi) is 6.50. The van der Waals surface area contributed by atoms with E-state index in [-0.39, 0.29) is 0 Å². The predicted octanol–water partition coefficient (Wildman–Crippen LogP) is 5.12. The molecule has 1 N–H and O–H groups in total. The summed E-state index contributed by atoms with van der Waals surface area (Å²) < 4.78 is 11.7. The highest BCUT2D eigenvalue weighted by Gasteiger charge is 2.09. The van der Waals surface area contributed by atoms with Crippen molar-refractivity contribution in [1.82, 2.24) is 0 Å². The van der Waals surface area contributed by atoms with Crippen LogP contribution >= 0.6 is 27.5 Å². The Labute approximate surface area is 148 Å². The van der Waals surface area contributed by atoms with Crippen LogP contribution in [-0.4, -0.2) is 19.9 Å². The first-order valence-corrected chi connectivity index (χ1v) is 7.97. The summed E-state index contributed by atoms with van der Waals surface area (Å²) in [5.74, 6) is 1.27. The molecule has 0 aliphatic carbocycles. The van der Waals surface area contributed by atoms with Crippen LogP contribution in [0.1, 0.15) is 5.56 Å². The molecule has 0 aromatic heterocycles. The van der Waals surface area contributed by atoms with Gasteiger partial charge in [-0.2, -0.15) is 5.10 Å². The van der Waals surface area contributed by atoms with Gasteiger partial charge in [-0.1, -0.05) is 24.3 Å². The molecule has 0 spiro atoms. The van der Waals surface area contributed by atoms with Gasteiger partial charge in [-0.3, -0.25) is 5.43 Å². The topological polar surface area (TPSA) is 42.8 Å². The van der Waals surface area contributed by atoms with E-state index in [0.29, 0.717) is 23.1 Å². The number of rotatable bonds is 7. The summed E-state index contributed by atoms with van der Waals surface area (Å²) >= 11 is 9.34. The smallest absolute Gasteiger partial charge is 0.162 e. The van der Waals surface area contributed by atoms with E-state index in [0.717, 1.165) is 15.7 Å². The van der Waals surface area contributed by atoms with Crippen molar-refractivity contribution in [3.05, 3.63) is 64.1 Å². The molecule has 0 amide bonds. The fraction of sp³-hybridized carbons (Fsp3) is 0.118. The molecule has 0 bridgehead atoms. The summed E-state index contributed by atoms with van der Waals surface area (Å²) in [5.41, 5.74) is 4.64. The van der Waals surface area contributed by atoms with E-state index in [1.165, 1.54) is 0 Å². The Morgan fingerprint density at radius 1 is 1.26 bits per heavy atom. The molecule has 2 aromatic rings. The Morgan fingerprint density at radius 3 is 2.65 bits per heavy atom. The number of hydrogen-bond donors (Lipinski definition) is 1. The molecular weight excluding hydrogens is 380 g/mol. The highest BCUT2D eigenvalue weighted by molar-refractivity contribution is 9.10. The van der Waals surface area contributed by atoms with Crippen molar-refractivity contribution in [3.8, 4) is 11.5 Å². The zero-order valence-corrected chi connectivity index (χ0v) is 14.9. The van der Waals surface area contributed by atoms with Crippen LogP contribution in [0.15, 0.2) is 58.6 Å². The maximum atomic E-state index is 5.84. The van der Waals surface area contributed by atoms with Gasteiger partial charge in [0.15, 0.2) is 11.5 Å². The minimum atomic E-state index is 0.411. The van der Waals surface area contributed by atoms with Gasteiger partial charge in [0.1, 0.15) is 6.61 Å². The number of methoxy groups -OCH3 is 1. The summed E-state index contributed by atoms with van der Waals surface area (Å²) in [7, 11) is 1.59. The van der Waals surface area contributed by atoms with Crippen LogP contribution in [0.5, 0.6) is 11.5 Å². The van der Waals surface area contributed by atoms with Gasteiger partial charge < -0.3 is 9.47 Å². The van der Waals surface area contributed by atoms with Gasteiger partial charge in [-0.25, -0.2) is 0 Å². The molecule has 120 valence electrons. The monoisotopic (exact) mass is 394 g/mol. The lowest BCUT2D eigenvalue weighted by Crippen LogP contribution is -1.98. The Balaban J connectivity index is 2.13. The van der Waals surface area contributed by atoms with Crippen molar-refractivity contribution in [2.45, 2.75) is 0 Å². The van der Waals surface area contributed by atoms with E-state index in [4.69, 9.17) is 21.1 Å². The average Bonchev–Trinajstić information content (AvgIpc) is 2.56. The zero-order valence-electron chi connectivity index (χ0n) is 12.6. The molecule has 23 heavy (non-hydrogen) atoms. The fourth-order valence-electron chi connectivity index (χ4n) is 1.77. The Bertz CT molecular complexity index is 702. The molecule has 2 aromatic carbocycles. The van der Waals surface area contributed by atoms with E-state index >= 15 is 0 Å². The van der Waals surface area contributed by atoms with Gasteiger partial charge in [0, 0.05) is 15.1 Å². The molecule has 0 heterocycles. The van der Waals surface area contributed by atoms with Gasteiger partial charge >= 0.3 is 0 Å². The van der Waals surface area contributed by atoms with E-state index in [9.17, 15) is 0 Å². The highest BCUT2D eigenvalue weighted by Crippen LogP contribution is 2.33. The van der Waals surface area contributed by atoms with Crippen LogP contribution in [0, 0.1) is 0 Å². The van der Waals surface area contributed by atoms with E-state index in [1.54, 1.807) is 31.5 Å². The molecular formula is C17H16BrClN2O2. The lowest BCUT2D eigenvalue weighted by Gasteiger charge is -2.11. The average molecular weight is 396 g/mol. The molecule has 6 heteroatoms. The Morgan fingerprint density at radius 2 is 2.00 bits per heavy atom. The number of nitrogens with one attached hydrogen (secondary N) is 1. The molecule has 0 saturated heterocycles. The SMILES string of the molecule is C=CCOc1cc(Br)c(C=NNc2ccc(Cl)cc2)cc1OC. The molecule has 0 radical (unpaired) electrons. The van der Waals surface area contributed by atoms with Crippen molar-refractivity contribution in [2.75, 3.05) is 19.1 Å². The van der Waals surface area contributed by atoms with Gasteiger partial charge in [0.25, 0.3) is 0 Å². The molecule has 0 atom stereocenters. The number of hydrazone groups is 1. The molecule has 2 rings (SSSR count). The standard InChI is InChI=1S/C17H16BrClN2O2/c1-3-8-23-17-10-15(18)12(9-16(17)22-2)11-20-21-14-6-4-13(19)5-7-14/h3-7,9-11,21H,1,8H2,2H3. The van der Waals surface area contributed by atoms with Crippen LogP contribution in [-0.2, 0) is 0 Å². The summed E-state index contributed by atoms with van der Waals surface area (Å²) in [6.45, 7) is 4.04.